The summed E-state index contributed by atoms with van der Waals surface area (Å²) in [5, 5.41) is 0.724. The van der Waals surface area contributed by atoms with E-state index >= 15 is 0 Å². The van der Waals surface area contributed by atoms with Gasteiger partial charge in [0.05, 0.1) is 18.2 Å². The molecule has 0 aromatic heterocycles. The van der Waals surface area contributed by atoms with Crippen molar-refractivity contribution in [3.8, 4) is 11.5 Å². The SMILES string of the molecule is COc1cc(Cl)c(Cc2ccc3c(c2)CCO3)cc1Br. The number of fused-ring (bicyclic) bond motifs is 1. The molecule has 0 radical (unpaired) electrons. The van der Waals surface area contributed by atoms with E-state index in [1.54, 1.807) is 7.11 Å². The van der Waals surface area contributed by atoms with Gasteiger partial charge in [-0.05, 0) is 51.2 Å². The summed E-state index contributed by atoms with van der Waals surface area (Å²) in [6.45, 7) is 0.785. The van der Waals surface area contributed by atoms with Gasteiger partial charge in [-0.1, -0.05) is 23.7 Å². The van der Waals surface area contributed by atoms with Crippen LogP contribution in [-0.2, 0) is 12.8 Å². The van der Waals surface area contributed by atoms with Crippen molar-refractivity contribution in [3.05, 3.63) is 56.5 Å². The Kier molecular flexibility index (Phi) is 3.90. The fraction of sp³-hybridized carbons (Fsp3) is 0.250. The molecule has 4 heteroatoms. The molecular weight excluding hydrogens is 340 g/mol. The van der Waals surface area contributed by atoms with Crippen molar-refractivity contribution in [1.29, 1.82) is 0 Å². The van der Waals surface area contributed by atoms with Gasteiger partial charge in [-0.3, -0.25) is 0 Å². The molecule has 0 bridgehead atoms. The Morgan fingerprint density at radius 1 is 1.30 bits per heavy atom. The lowest BCUT2D eigenvalue weighted by Crippen LogP contribution is -1.93. The minimum atomic E-state index is 0.724. The van der Waals surface area contributed by atoms with Crippen LogP contribution in [0.25, 0.3) is 0 Å². The highest BCUT2D eigenvalue weighted by atomic mass is 79.9. The van der Waals surface area contributed by atoms with E-state index < -0.39 is 0 Å². The Hall–Kier alpha value is -1.19. The molecule has 1 aliphatic heterocycles. The minimum Gasteiger partial charge on any atom is -0.496 e. The van der Waals surface area contributed by atoms with Crippen molar-refractivity contribution < 1.29 is 9.47 Å². The molecule has 3 rings (SSSR count). The second-order valence-corrected chi connectivity index (χ2v) is 6.06. The first kappa shape index (κ1) is 13.8. The van der Waals surface area contributed by atoms with Gasteiger partial charge in [0.1, 0.15) is 11.5 Å². The van der Waals surface area contributed by atoms with E-state index in [-0.39, 0.29) is 0 Å². The Morgan fingerprint density at radius 2 is 2.15 bits per heavy atom. The van der Waals surface area contributed by atoms with E-state index in [0.29, 0.717) is 0 Å². The predicted molar refractivity (Wildman–Crippen MR) is 84.2 cm³/mol. The van der Waals surface area contributed by atoms with Gasteiger partial charge >= 0.3 is 0 Å². The van der Waals surface area contributed by atoms with E-state index in [1.165, 1.54) is 11.1 Å². The van der Waals surface area contributed by atoms with Gasteiger partial charge in [-0.2, -0.15) is 0 Å². The normalized spacial score (nSPS) is 12.9. The van der Waals surface area contributed by atoms with Crippen LogP contribution in [0.2, 0.25) is 5.02 Å². The molecule has 2 aromatic rings. The molecule has 0 amide bonds. The Labute approximate surface area is 131 Å². The summed E-state index contributed by atoms with van der Waals surface area (Å²) in [4.78, 5) is 0. The zero-order valence-electron chi connectivity index (χ0n) is 11.1. The van der Waals surface area contributed by atoms with Crippen LogP contribution in [0.3, 0.4) is 0 Å². The summed E-state index contributed by atoms with van der Waals surface area (Å²) in [5.41, 5.74) is 3.61. The smallest absolute Gasteiger partial charge is 0.134 e. The van der Waals surface area contributed by atoms with Crippen molar-refractivity contribution >= 4 is 27.5 Å². The second-order valence-electron chi connectivity index (χ2n) is 4.80. The summed E-state index contributed by atoms with van der Waals surface area (Å²) >= 11 is 9.82. The number of benzene rings is 2. The summed E-state index contributed by atoms with van der Waals surface area (Å²) in [6, 6.07) is 10.2. The number of rotatable bonds is 3. The van der Waals surface area contributed by atoms with Crippen molar-refractivity contribution in [2.75, 3.05) is 13.7 Å². The third kappa shape index (κ3) is 2.65. The Morgan fingerprint density at radius 3 is 2.95 bits per heavy atom. The minimum absolute atomic E-state index is 0.724. The number of ether oxygens (including phenoxy) is 2. The molecule has 0 atom stereocenters. The maximum absolute atomic E-state index is 6.32. The zero-order valence-corrected chi connectivity index (χ0v) is 13.4. The van der Waals surface area contributed by atoms with Crippen LogP contribution in [0.4, 0.5) is 0 Å². The van der Waals surface area contributed by atoms with Crippen LogP contribution >= 0.6 is 27.5 Å². The first-order valence-electron chi connectivity index (χ1n) is 6.44. The van der Waals surface area contributed by atoms with E-state index in [4.69, 9.17) is 21.1 Å². The molecule has 1 aliphatic rings. The van der Waals surface area contributed by atoms with E-state index in [1.807, 2.05) is 18.2 Å². The molecule has 0 fully saturated rings. The van der Waals surface area contributed by atoms with Gasteiger partial charge in [-0.15, -0.1) is 0 Å². The quantitative estimate of drug-likeness (QED) is 0.800. The molecule has 2 nitrogen and oxygen atoms in total. The fourth-order valence-electron chi connectivity index (χ4n) is 2.43. The van der Waals surface area contributed by atoms with Crippen LogP contribution in [0.5, 0.6) is 11.5 Å². The van der Waals surface area contributed by atoms with Gasteiger partial charge in [0.25, 0.3) is 0 Å². The average Bonchev–Trinajstić information content (AvgIpc) is 2.90. The summed E-state index contributed by atoms with van der Waals surface area (Å²) in [6.07, 6.45) is 1.79. The molecular formula is C16H14BrClO2. The standard InChI is InChI=1S/C16H14BrClO2/c1-19-16-9-14(18)12(8-13(16)17)7-10-2-3-15-11(6-10)4-5-20-15/h2-3,6,8-9H,4-5,7H2,1H3. The largest absolute Gasteiger partial charge is 0.496 e. The van der Waals surface area contributed by atoms with Crippen LogP contribution in [-0.4, -0.2) is 13.7 Å². The van der Waals surface area contributed by atoms with E-state index in [0.717, 1.165) is 46.0 Å². The predicted octanol–water partition coefficient (Wildman–Crippen LogP) is 4.64. The summed E-state index contributed by atoms with van der Waals surface area (Å²) in [5.74, 6) is 1.76. The van der Waals surface area contributed by atoms with Gasteiger partial charge < -0.3 is 9.47 Å². The summed E-state index contributed by atoms with van der Waals surface area (Å²) < 4.78 is 11.7. The van der Waals surface area contributed by atoms with Gasteiger partial charge in [0.15, 0.2) is 0 Å². The highest BCUT2D eigenvalue weighted by Gasteiger charge is 2.13. The maximum Gasteiger partial charge on any atom is 0.134 e. The molecule has 2 aromatic carbocycles. The molecule has 0 saturated heterocycles. The fourth-order valence-corrected chi connectivity index (χ4v) is 3.20. The van der Waals surface area contributed by atoms with Crippen LogP contribution in [0, 0.1) is 0 Å². The van der Waals surface area contributed by atoms with Crippen molar-refractivity contribution in [2.24, 2.45) is 0 Å². The first-order valence-corrected chi connectivity index (χ1v) is 7.61. The number of hydrogen-bond acceptors (Lipinski definition) is 2. The number of methoxy groups -OCH3 is 1. The third-order valence-electron chi connectivity index (χ3n) is 3.47. The molecule has 0 N–H and O–H groups in total. The average molecular weight is 354 g/mol. The van der Waals surface area contributed by atoms with Crippen LogP contribution in [0.15, 0.2) is 34.8 Å². The monoisotopic (exact) mass is 352 g/mol. The molecule has 0 aliphatic carbocycles. The molecule has 1 heterocycles. The van der Waals surface area contributed by atoms with Crippen molar-refractivity contribution in [2.45, 2.75) is 12.8 Å². The third-order valence-corrected chi connectivity index (χ3v) is 4.44. The van der Waals surface area contributed by atoms with Gasteiger partial charge in [-0.25, -0.2) is 0 Å². The Balaban J connectivity index is 1.89. The lowest BCUT2D eigenvalue weighted by atomic mass is 10.0. The maximum atomic E-state index is 6.32. The lowest BCUT2D eigenvalue weighted by molar-refractivity contribution is 0.357. The molecule has 20 heavy (non-hydrogen) atoms. The number of halogens is 2. The van der Waals surface area contributed by atoms with Crippen LogP contribution < -0.4 is 9.47 Å². The van der Waals surface area contributed by atoms with E-state index in [2.05, 4.69) is 28.1 Å². The van der Waals surface area contributed by atoms with E-state index in [9.17, 15) is 0 Å². The van der Waals surface area contributed by atoms with Gasteiger partial charge in [0, 0.05) is 17.5 Å². The Bertz CT molecular complexity index is 655. The second kappa shape index (κ2) is 5.66. The highest BCUT2D eigenvalue weighted by molar-refractivity contribution is 9.10. The van der Waals surface area contributed by atoms with Crippen LogP contribution in [0.1, 0.15) is 16.7 Å². The molecule has 104 valence electrons. The van der Waals surface area contributed by atoms with Crippen molar-refractivity contribution in [1.82, 2.24) is 0 Å². The number of hydrogen-bond donors (Lipinski definition) is 0. The molecule has 0 saturated carbocycles. The first-order chi connectivity index (χ1) is 9.67. The molecule has 0 spiro atoms. The molecule has 0 unspecified atom stereocenters. The van der Waals surface area contributed by atoms with Gasteiger partial charge in [0.2, 0.25) is 0 Å². The zero-order chi connectivity index (χ0) is 14.1. The topological polar surface area (TPSA) is 18.5 Å². The van der Waals surface area contributed by atoms with Crippen molar-refractivity contribution in [3.63, 3.8) is 0 Å². The highest BCUT2D eigenvalue weighted by Crippen LogP contribution is 2.33. The summed E-state index contributed by atoms with van der Waals surface area (Å²) in [7, 11) is 1.64. The lowest BCUT2D eigenvalue weighted by Gasteiger charge is -2.10.